The highest BCUT2D eigenvalue weighted by Gasteiger charge is 2.05. The van der Waals surface area contributed by atoms with Gasteiger partial charge in [0.25, 0.3) is 0 Å². The number of benzene rings is 1. The van der Waals surface area contributed by atoms with Crippen molar-refractivity contribution in [3.8, 4) is 0 Å². The molecule has 1 aromatic carbocycles. The van der Waals surface area contributed by atoms with Crippen LogP contribution in [0.4, 0.5) is 0 Å². The number of hydrogen-bond acceptors (Lipinski definition) is 3. The molecule has 0 amide bonds. The molecule has 5 heteroatoms. The standard InChI is InChI=1S/C12H12N4S/c1-8-11(14-7-13-8)6-17-12-15-9-4-2-3-5-10(9)16-12/h2-5,7H,6H2,1H3,(H,13,14)(H,15,16). The Kier molecular flexibility index (Phi) is 2.60. The number of aromatic nitrogens is 4. The van der Waals surface area contributed by atoms with E-state index >= 15 is 0 Å². The minimum atomic E-state index is 0.829. The Morgan fingerprint density at radius 3 is 2.94 bits per heavy atom. The van der Waals surface area contributed by atoms with Crippen LogP contribution in [0.15, 0.2) is 35.7 Å². The number of imidazole rings is 2. The van der Waals surface area contributed by atoms with Crippen LogP contribution in [0.2, 0.25) is 0 Å². The highest BCUT2D eigenvalue weighted by atomic mass is 32.2. The summed E-state index contributed by atoms with van der Waals surface area (Å²) in [7, 11) is 0. The lowest BCUT2D eigenvalue weighted by atomic mass is 10.3. The van der Waals surface area contributed by atoms with Gasteiger partial charge in [-0.2, -0.15) is 0 Å². The summed E-state index contributed by atoms with van der Waals surface area (Å²) in [6.07, 6.45) is 1.73. The molecule has 0 bridgehead atoms. The molecule has 2 heterocycles. The fourth-order valence-electron chi connectivity index (χ4n) is 1.67. The van der Waals surface area contributed by atoms with Crippen LogP contribution in [0.25, 0.3) is 11.0 Å². The van der Waals surface area contributed by atoms with E-state index in [2.05, 4.69) is 19.9 Å². The van der Waals surface area contributed by atoms with Crippen LogP contribution in [0, 0.1) is 6.92 Å². The zero-order valence-electron chi connectivity index (χ0n) is 9.40. The number of fused-ring (bicyclic) bond motifs is 1. The molecule has 3 aromatic rings. The van der Waals surface area contributed by atoms with E-state index in [-0.39, 0.29) is 0 Å². The van der Waals surface area contributed by atoms with Gasteiger partial charge in [0.1, 0.15) is 0 Å². The summed E-state index contributed by atoms with van der Waals surface area (Å²) in [5.41, 5.74) is 4.28. The Bertz CT molecular complexity index is 608. The topological polar surface area (TPSA) is 57.4 Å². The Morgan fingerprint density at radius 1 is 1.29 bits per heavy atom. The normalized spacial score (nSPS) is 11.1. The molecule has 0 aliphatic rings. The van der Waals surface area contributed by atoms with Crippen LogP contribution >= 0.6 is 11.8 Å². The van der Waals surface area contributed by atoms with E-state index in [9.17, 15) is 0 Å². The second-order valence-corrected chi connectivity index (χ2v) is 4.79. The first kappa shape index (κ1) is 10.4. The van der Waals surface area contributed by atoms with Crippen LogP contribution in [-0.4, -0.2) is 19.9 Å². The fourth-order valence-corrected chi connectivity index (χ4v) is 2.58. The van der Waals surface area contributed by atoms with Crippen molar-refractivity contribution in [3.05, 3.63) is 42.0 Å². The molecule has 0 atom stereocenters. The molecule has 86 valence electrons. The van der Waals surface area contributed by atoms with Gasteiger partial charge in [0.15, 0.2) is 5.16 Å². The smallest absolute Gasteiger partial charge is 0.166 e. The Balaban J connectivity index is 1.79. The highest BCUT2D eigenvalue weighted by Crippen LogP contribution is 2.22. The Morgan fingerprint density at radius 2 is 2.18 bits per heavy atom. The molecule has 0 aliphatic heterocycles. The average Bonchev–Trinajstić information content (AvgIpc) is 2.92. The summed E-state index contributed by atoms with van der Waals surface area (Å²) in [5, 5.41) is 0.939. The number of hydrogen-bond donors (Lipinski definition) is 2. The fraction of sp³-hybridized carbons (Fsp3) is 0.167. The third-order valence-corrected chi connectivity index (χ3v) is 3.53. The predicted octanol–water partition coefficient (Wildman–Crippen LogP) is 2.89. The average molecular weight is 244 g/mol. The van der Waals surface area contributed by atoms with E-state index in [4.69, 9.17) is 0 Å². The molecule has 3 rings (SSSR count). The first-order valence-corrected chi connectivity index (χ1v) is 6.38. The summed E-state index contributed by atoms with van der Waals surface area (Å²) in [6, 6.07) is 8.05. The maximum atomic E-state index is 4.51. The van der Waals surface area contributed by atoms with Crippen molar-refractivity contribution in [3.63, 3.8) is 0 Å². The number of thioether (sulfide) groups is 1. The van der Waals surface area contributed by atoms with Gasteiger partial charge in [-0.25, -0.2) is 9.97 Å². The SMILES string of the molecule is Cc1[nH]cnc1CSc1nc2ccccc2[nH]1. The van der Waals surface area contributed by atoms with Crippen LogP contribution in [0.1, 0.15) is 11.4 Å². The van der Waals surface area contributed by atoms with Gasteiger partial charge < -0.3 is 9.97 Å². The second-order valence-electron chi connectivity index (χ2n) is 3.82. The molecular weight excluding hydrogens is 232 g/mol. The lowest BCUT2D eigenvalue weighted by Gasteiger charge is -1.95. The van der Waals surface area contributed by atoms with Gasteiger partial charge in [-0.05, 0) is 19.1 Å². The number of aromatic amines is 2. The van der Waals surface area contributed by atoms with Crippen molar-refractivity contribution < 1.29 is 0 Å². The molecule has 0 unspecified atom stereocenters. The monoisotopic (exact) mass is 244 g/mol. The van der Waals surface area contributed by atoms with Crippen molar-refractivity contribution in [2.75, 3.05) is 0 Å². The van der Waals surface area contributed by atoms with E-state index < -0.39 is 0 Å². The van der Waals surface area contributed by atoms with Gasteiger partial charge in [-0.15, -0.1) is 0 Å². The lowest BCUT2D eigenvalue weighted by Crippen LogP contribution is -1.85. The quantitative estimate of drug-likeness (QED) is 0.696. The minimum Gasteiger partial charge on any atom is -0.348 e. The first-order valence-electron chi connectivity index (χ1n) is 5.39. The summed E-state index contributed by atoms with van der Waals surface area (Å²) in [5.74, 6) is 0.829. The minimum absolute atomic E-state index is 0.829. The number of nitrogens with one attached hydrogen (secondary N) is 2. The molecule has 2 N–H and O–H groups in total. The number of aryl methyl sites for hydroxylation is 1. The maximum absolute atomic E-state index is 4.51. The van der Waals surface area contributed by atoms with Gasteiger partial charge in [0.2, 0.25) is 0 Å². The first-order chi connectivity index (χ1) is 8.33. The van der Waals surface area contributed by atoms with Crippen LogP contribution < -0.4 is 0 Å². The van der Waals surface area contributed by atoms with Gasteiger partial charge in [-0.1, -0.05) is 23.9 Å². The molecule has 4 nitrogen and oxygen atoms in total. The zero-order valence-corrected chi connectivity index (χ0v) is 10.2. The number of para-hydroxylation sites is 2. The van der Waals surface area contributed by atoms with Crippen LogP contribution in [-0.2, 0) is 5.75 Å². The maximum Gasteiger partial charge on any atom is 0.166 e. The lowest BCUT2D eigenvalue weighted by molar-refractivity contribution is 1.07. The highest BCUT2D eigenvalue weighted by molar-refractivity contribution is 7.98. The largest absolute Gasteiger partial charge is 0.348 e. The Labute approximate surface area is 103 Å². The van der Waals surface area contributed by atoms with Crippen LogP contribution in [0.5, 0.6) is 0 Å². The van der Waals surface area contributed by atoms with Crippen LogP contribution in [0.3, 0.4) is 0 Å². The van der Waals surface area contributed by atoms with E-state index in [0.29, 0.717) is 0 Å². The van der Waals surface area contributed by atoms with E-state index in [1.54, 1.807) is 18.1 Å². The molecule has 0 radical (unpaired) electrons. The molecular formula is C12H12N4S. The van der Waals surface area contributed by atoms with Crippen molar-refractivity contribution in [1.29, 1.82) is 0 Å². The molecule has 0 aliphatic carbocycles. The summed E-state index contributed by atoms with van der Waals surface area (Å²) in [4.78, 5) is 15.1. The third kappa shape index (κ3) is 2.06. The molecule has 0 spiro atoms. The molecule has 0 saturated carbocycles. The van der Waals surface area contributed by atoms with E-state index in [1.807, 2.05) is 31.2 Å². The molecule has 2 aromatic heterocycles. The number of nitrogens with zero attached hydrogens (tertiary/aromatic N) is 2. The van der Waals surface area contributed by atoms with E-state index in [0.717, 1.165) is 33.3 Å². The number of H-pyrrole nitrogens is 2. The molecule has 17 heavy (non-hydrogen) atoms. The zero-order chi connectivity index (χ0) is 11.7. The van der Waals surface area contributed by atoms with Gasteiger partial charge in [0.05, 0.1) is 23.1 Å². The van der Waals surface area contributed by atoms with Gasteiger partial charge in [0, 0.05) is 11.4 Å². The van der Waals surface area contributed by atoms with Crippen molar-refractivity contribution >= 4 is 22.8 Å². The van der Waals surface area contributed by atoms with Crippen molar-refractivity contribution in [2.45, 2.75) is 17.8 Å². The molecule has 0 fully saturated rings. The second kappa shape index (κ2) is 4.25. The summed E-state index contributed by atoms with van der Waals surface area (Å²) in [6.45, 7) is 2.03. The van der Waals surface area contributed by atoms with Gasteiger partial charge in [-0.3, -0.25) is 0 Å². The van der Waals surface area contributed by atoms with Crippen molar-refractivity contribution in [1.82, 2.24) is 19.9 Å². The van der Waals surface area contributed by atoms with E-state index in [1.165, 1.54) is 0 Å². The third-order valence-electron chi connectivity index (χ3n) is 2.65. The Hall–Kier alpha value is -1.75. The number of rotatable bonds is 3. The van der Waals surface area contributed by atoms with Gasteiger partial charge >= 0.3 is 0 Å². The predicted molar refractivity (Wildman–Crippen MR) is 69.0 cm³/mol. The summed E-state index contributed by atoms with van der Waals surface area (Å²) < 4.78 is 0. The summed E-state index contributed by atoms with van der Waals surface area (Å²) >= 11 is 1.67. The molecule has 0 saturated heterocycles. The van der Waals surface area contributed by atoms with Crippen molar-refractivity contribution in [2.24, 2.45) is 0 Å².